The van der Waals surface area contributed by atoms with Crippen molar-refractivity contribution in [3.05, 3.63) is 0 Å². The lowest BCUT2D eigenvalue weighted by molar-refractivity contribution is -0.142. The van der Waals surface area contributed by atoms with E-state index in [4.69, 9.17) is 0 Å². The van der Waals surface area contributed by atoms with E-state index in [1.807, 2.05) is 18.7 Å². The van der Waals surface area contributed by atoms with Gasteiger partial charge in [0, 0.05) is 44.8 Å². The smallest absolute Gasteiger partial charge is 0.317 e. The van der Waals surface area contributed by atoms with E-state index in [0.717, 1.165) is 25.9 Å². The van der Waals surface area contributed by atoms with Crippen LogP contribution in [0.15, 0.2) is 0 Å². The van der Waals surface area contributed by atoms with Gasteiger partial charge in [-0.1, -0.05) is 0 Å². The van der Waals surface area contributed by atoms with E-state index >= 15 is 0 Å². The van der Waals surface area contributed by atoms with E-state index in [1.54, 1.807) is 4.90 Å². The Balaban J connectivity index is 1.88. The molecule has 3 amide bonds. The van der Waals surface area contributed by atoms with Crippen molar-refractivity contribution in [2.75, 3.05) is 39.0 Å². The van der Waals surface area contributed by atoms with Crippen LogP contribution in [0.4, 0.5) is 4.79 Å². The number of sulfonamides is 1. The normalized spacial score (nSPS) is 29.7. The van der Waals surface area contributed by atoms with Gasteiger partial charge in [-0.25, -0.2) is 13.2 Å². The Kier molecular flexibility index (Phi) is 5.72. The molecular formula is C18H32N4O4S. The number of carbonyl (C=O) groups excluding carboxylic acids is 2. The number of carbonyl (C=O) groups is 2. The number of likely N-dealkylation sites (tertiary alicyclic amines) is 2. The number of nitrogens with zero attached hydrogens (tertiary/aromatic N) is 3. The second kappa shape index (κ2) is 7.58. The molecule has 27 heavy (non-hydrogen) atoms. The van der Waals surface area contributed by atoms with Gasteiger partial charge >= 0.3 is 6.03 Å². The second-order valence-electron chi connectivity index (χ2n) is 8.42. The number of amides is 3. The zero-order valence-corrected chi connectivity index (χ0v) is 17.4. The van der Waals surface area contributed by atoms with Crippen LogP contribution >= 0.6 is 0 Å². The van der Waals surface area contributed by atoms with E-state index < -0.39 is 15.4 Å². The van der Waals surface area contributed by atoms with E-state index in [-0.39, 0.29) is 24.0 Å². The lowest BCUT2D eigenvalue weighted by Crippen LogP contribution is -2.51. The lowest BCUT2D eigenvalue weighted by atomic mass is 9.75. The van der Waals surface area contributed by atoms with Crippen LogP contribution in [-0.2, 0) is 14.8 Å². The van der Waals surface area contributed by atoms with Crippen LogP contribution in [0.5, 0.6) is 0 Å². The summed E-state index contributed by atoms with van der Waals surface area (Å²) in [6.45, 7) is 6.66. The Morgan fingerprint density at radius 1 is 1.00 bits per heavy atom. The third kappa shape index (κ3) is 3.94. The van der Waals surface area contributed by atoms with Gasteiger partial charge in [0.2, 0.25) is 15.9 Å². The molecule has 8 nitrogen and oxygen atoms in total. The minimum atomic E-state index is -3.40. The summed E-state index contributed by atoms with van der Waals surface area (Å²) in [5.74, 6) is 0.0854. The Morgan fingerprint density at radius 3 is 2.22 bits per heavy atom. The molecule has 3 fully saturated rings. The van der Waals surface area contributed by atoms with Crippen molar-refractivity contribution >= 4 is 22.0 Å². The SMILES string of the molecule is CC(C)NC(=O)N1CC[C@H]2N(S(C)(=O)=O)CC[C@@]2(C(=O)N2CCCC2)CC1. The van der Waals surface area contributed by atoms with Crippen LogP contribution in [0, 0.1) is 5.41 Å². The summed E-state index contributed by atoms with van der Waals surface area (Å²) in [7, 11) is -3.40. The van der Waals surface area contributed by atoms with Gasteiger partial charge in [0.1, 0.15) is 0 Å². The van der Waals surface area contributed by atoms with Gasteiger partial charge in [0.25, 0.3) is 0 Å². The number of nitrogens with one attached hydrogen (secondary N) is 1. The number of fused-ring (bicyclic) bond motifs is 1. The van der Waals surface area contributed by atoms with Crippen LogP contribution in [-0.4, -0.2) is 85.5 Å². The molecule has 1 N–H and O–H groups in total. The van der Waals surface area contributed by atoms with Gasteiger partial charge < -0.3 is 15.1 Å². The highest BCUT2D eigenvalue weighted by Gasteiger charge is 2.57. The van der Waals surface area contributed by atoms with Crippen LogP contribution < -0.4 is 5.32 Å². The predicted molar refractivity (Wildman–Crippen MR) is 103 cm³/mol. The fraction of sp³-hybridized carbons (Fsp3) is 0.889. The second-order valence-corrected chi connectivity index (χ2v) is 10.4. The molecule has 0 aromatic heterocycles. The number of rotatable bonds is 3. The van der Waals surface area contributed by atoms with Gasteiger partial charge in [-0.15, -0.1) is 0 Å². The highest BCUT2D eigenvalue weighted by Crippen LogP contribution is 2.46. The first-order valence-electron chi connectivity index (χ1n) is 9.97. The minimum Gasteiger partial charge on any atom is -0.342 e. The molecule has 0 unspecified atom stereocenters. The van der Waals surface area contributed by atoms with Gasteiger partial charge in [-0.2, -0.15) is 4.31 Å². The van der Waals surface area contributed by atoms with Crippen molar-refractivity contribution in [3.8, 4) is 0 Å². The first-order chi connectivity index (χ1) is 12.6. The molecule has 0 spiro atoms. The highest BCUT2D eigenvalue weighted by atomic mass is 32.2. The molecule has 3 aliphatic heterocycles. The maximum absolute atomic E-state index is 13.5. The predicted octanol–water partition coefficient (Wildman–Crippen LogP) is 0.843. The Morgan fingerprint density at radius 2 is 1.63 bits per heavy atom. The molecular weight excluding hydrogens is 368 g/mol. The molecule has 3 aliphatic rings. The number of hydrogen-bond donors (Lipinski definition) is 1. The summed E-state index contributed by atoms with van der Waals surface area (Å²) in [5, 5.41) is 2.90. The Bertz CT molecular complexity index is 689. The summed E-state index contributed by atoms with van der Waals surface area (Å²) in [6, 6.07) is -0.468. The molecule has 0 aliphatic carbocycles. The molecule has 154 valence electrons. The van der Waals surface area contributed by atoms with Crippen molar-refractivity contribution in [3.63, 3.8) is 0 Å². The molecule has 0 bridgehead atoms. The molecule has 0 aromatic carbocycles. The van der Waals surface area contributed by atoms with Crippen LogP contribution in [0.1, 0.15) is 46.0 Å². The summed E-state index contributed by atoms with van der Waals surface area (Å²) in [5.41, 5.74) is -0.708. The summed E-state index contributed by atoms with van der Waals surface area (Å²) in [4.78, 5) is 29.6. The van der Waals surface area contributed by atoms with Crippen LogP contribution in [0.2, 0.25) is 0 Å². The maximum Gasteiger partial charge on any atom is 0.317 e. The molecule has 0 aromatic rings. The Hall–Kier alpha value is -1.35. The first-order valence-corrected chi connectivity index (χ1v) is 11.8. The number of urea groups is 1. The first kappa shape index (κ1) is 20.4. The largest absolute Gasteiger partial charge is 0.342 e. The minimum absolute atomic E-state index is 0.0352. The van der Waals surface area contributed by atoms with Gasteiger partial charge in [-0.05, 0) is 46.0 Å². The van der Waals surface area contributed by atoms with Crippen molar-refractivity contribution < 1.29 is 18.0 Å². The third-order valence-electron chi connectivity index (χ3n) is 6.21. The van der Waals surface area contributed by atoms with Crippen molar-refractivity contribution in [2.45, 2.75) is 58.0 Å². The molecule has 3 rings (SSSR count). The molecule has 9 heteroatoms. The fourth-order valence-corrected chi connectivity index (χ4v) is 6.07. The van der Waals surface area contributed by atoms with Gasteiger partial charge in [-0.3, -0.25) is 4.79 Å². The summed E-state index contributed by atoms with van der Waals surface area (Å²) >= 11 is 0. The monoisotopic (exact) mass is 400 g/mol. The quantitative estimate of drug-likeness (QED) is 0.760. The standard InChI is InChI=1S/C18H32N4O4S/c1-14(2)19-17(24)21-11-6-15-18(7-12-21,8-13-22(15)27(3,25)26)16(23)20-9-4-5-10-20/h14-15H,4-13H2,1-3H3,(H,19,24)/t15-,18+/m1/s1. The molecule has 2 atom stereocenters. The van der Waals surface area contributed by atoms with Gasteiger partial charge in [0.05, 0.1) is 11.7 Å². The lowest BCUT2D eigenvalue weighted by Gasteiger charge is -2.37. The average molecular weight is 401 g/mol. The van der Waals surface area contributed by atoms with E-state index in [2.05, 4.69) is 5.32 Å². The molecule has 3 saturated heterocycles. The maximum atomic E-state index is 13.5. The highest BCUT2D eigenvalue weighted by molar-refractivity contribution is 7.88. The van der Waals surface area contributed by atoms with Crippen LogP contribution in [0.3, 0.4) is 0 Å². The fourth-order valence-electron chi connectivity index (χ4n) is 4.87. The zero-order chi connectivity index (χ0) is 19.8. The van der Waals surface area contributed by atoms with E-state index in [1.165, 1.54) is 10.6 Å². The van der Waals surface area contributed by atoms with Crippen molar-refractivity contribution in [2.24, 2.45) is 5.41 Å². The number of hydrogen-bond acceptors (Lipinski definition) is 4. The summed E-state index contributed by atoms with van der Waals surface area (Å²) < 4.78 is 26.2. The Labute approximate surface area is 162 Å². The van der Waals surface area contributed by atoms with Crippen LogP contribution in [0.25, 0.3) is 0 Å². The zero-order valence-electron chi connectivity index (χ0n) is 16.6. The molecule has 3 heterocycles. The van der Waals surface area contributed by atoms with E-state index in [9.17, 15) is 18.0 Å². The molecule has 0 radical (unpaired) electrons. The van der Waals surface area contributed by atoms with Crippen molar-refractivity contribution in [1.29, 1.82) is 0 Å². The molecule has 0 saturated carbocycles. The average Bonchev–Trinajstić information content (AvgIpc) is 3.18. The summed E-state index contributed by atoms with van der Waals surface area (Å²) in [6.07, 6.45) is 4.79. The van der Waals surface area contributed by atoms with E-state index in [0.29, 0.717) is 38.9 Å². The third-order valence-corrected chi connectivity index (χ3v) is 7.50. The van der Waals surface area contributed by atoms with Crippen molar-refractivity contribution in [1.82, 2.24) is 19.4 Å². The topological polar surface area (TPSA) is 90.0 Å². The van der Waals surface area contributed by atoms with Gasteiger partial charge in [0.15, 0.2) is 0 Å².